The van der Waals surface area contributed by atoms with Crippen molar-refractivity contribution in [1.29, 1.82) is 0 Å². The average Bonchev–Trinajstić information content (AvgIpc) is 2.61. The molecule has 4 nitrogen and oxygen atoms in total. The van der Waals surface area contributed by atoms with Gasteiger partial charge in [0.15, 0.2) is 0 Å². The number of imidazole rings is 1. The Hall–Kier alpha value is -1.03. The number of likely N-dealkylation sites (N-methyl/N-ethyl adjacent to an activating group) is 1. The number of piperazine rings is 1. The summed E-state index contributed by atoms with van der Waals surface area (Å²) < 4.78 is 2.28. The summed E-state index contributed by atoms with van der Waals surface area (Å²) in [6, 6.07) is 0. The predicted octanol–water partition coefficient (Wildman–Crippen LogP) is 0.963. The van der Waals surface area contributed by atoms with Crippen LogP contribution in [0.3, 0.4) is 0 Å². The van der Waals surface area contributed by atoms with Crippen molar-refractivity contribution in [2.45, 2.75) is 20.4 Å². The fourth-order valence-electron chi connectivity index (χ4n) is 2.10. The molecule has 1 aliphatic rings. The molecule has 0 spiro atoms. The van der Waals surface area contributed by atoms with E-state index in [1.165, 1.54) is 5.69 Å². The molecule has 0 N–H and O–H groups in total. The van der Waals surface area contributed by atoms with Gasteiger partial charge in [-0.05, 0) is 20.9 Å². The van der Waals surface area contributed by atoms with Gasteiger partial charge in [-0.2, -0.15) is 0 Å². The molecule has 0 atom stereocenters. The first-order valence-corrected chi connectivity index (χ1v) is 5.68. The van der Waals surface area contributed by atoms with E-state index >= 15 is 0 Å². The molecule has 4 heteroatoms. The highest BCUT2D eigenvalue weighted by Crippen LogP contribution is 2.16. The van der Waals surface area contributed by atoms with Crippen molar-refractivity contribution >= 4 is 5.95 Å². The first-order chi connectivity index (χ1) is 7.22. The molecule has 84 valence electrons. The summed E-state index contributed by atoms with van der Waals surface area (Å²) in [6.45, 7) is 9.75. The summed E-state index contributed by atoms with van der Waals surface area (Å²) in [4.78, 5) is 9.25. The van der Waals surface area contributed by atoms with Gasteiger partial charge in [0.1, 0.15) is 0 Å². The Morgan fingerprint density at radius 3 is 2.53 bits per heavy atom. The second-order valence-corrected chi connectivity index (χ2v) is 4.23. The molecule has 0 bridgehead atoms. The minimum Gasteiger partial charge on any atom is -0.340 e. The molecule has 1 aromatic heterocycles. The minimum absolute atomic E-state index is 1.01. The van der Waals surface area contributed by atoms with Crippen LogP contribution in [-0.4, -0.2) is 47.7 Å². The number of anilines is 1. The maximum atomic E-state index is 4.51. The van der Waals surface area contributed by atoms with E-state index in [0.717, 1.165) is 38.7 Å². The van der Waals surface area contributed by atoms with Gasteiger partial charge in [0.25, 0.3) is 0 Å². The molecule has 0 radical (unpaired) electrons. The Morgan fingerprint density at radius 2 is 1.93 bits per heavy atom. The molecule has 0 unspecified atom stereocenters. The average molecular weight is 208 g/mol. The van der Waals surface area contributed by atoms with Gasteiger partial charge in [-0.3, -0.25) is 0 Å². The fourth-order valence-corrected chi connectivity index (χ4v) is 2.10. The highest BCUT2D eigenvalue weighted by molar-refractivity contribution is 5.34. The van der Waals surface area contributed by atoms with Crippen LogP contribution in [0.2, 0.25) is 0 Å². The monoisotopic (exact) mass is 208 g/mol. The Labute approximate surface area is 91.5 Å². The van der Waals surface area contributed by atoms with E-state index in [0.29, 0.717) is 0 Å². The largest absolute Gasteiger partial charge is 0.340 e. The maximum absolute atomic E-state index is 4.51. The van der Waals surface area contributed by atoms with Crippen LogP contribution in [0.1, 0.15) is 12.6 Å². The lowest BCUT2D eigenvalue weighted by Crippen LogP contribution is -2.45. The topological polar surface area (TPSA) is 24.3 Å². The summed E-state index contributed by atoms with van der Waals surface area (Å²) >= 11 is 0. The number of nitrogens with zero attached hydrogens (tertiary/aromatic N) is 4. The van der Waals surface area contributed by atoms with Gasteiger partial charge in [0.05, 0.1) is 6.20 Å². The summed E-state index contributed by atoms with van der Waals surface area (Å²) in [5.41, 5.74) is 1.26. The fraction of sp³-hybridized carbons (Fsp3) is 0.727. The highest BCUT2D eigenvalue weighted by atomic mass is 15.3. The zero-order chi connectivity index (χ0) is 10.8. The molecule has 2 rings (SSSR count). The first kappa shape index (κ1) is 10.5. The van der Waals surface area contributed by atoms with Crippen molar-refractivity contribution in [2.24, 2.45) is 0 Å². The van der Waals surface area contributed by atoms with Crippen molar-refractivity contribution in [1.82, 2.24) is 14.5 Å². The van der Waals surface area contributed by atoms with Crippen LogP contribution in [0.5, 0.6) is 0 Å². The molecular formula is C11H20N4. The molecule has 15 heavy (non-hydrogen) atoms. The van der Waals surface area contributed by atoms with Crippen LogP contribution < -0.4 is 4.90 Å². The van der Waals surface area contributed by atoms with E-state index in [9.17, 15) is 0 Å². The SMILES string of the molecule is CCn1c(C)cnc1N1CCN(C)CC1. The van der Waals surface area contributed by atoms with Crippen molar-refractivity contribution in [3.8, 4) is 0 Å². The summed E-state index contributed by atoms with van der Waals surface area (Å²) in [7, 11) is 2.18. The molecule has 0 saturated carbocycles. The van der Waals surface area contributed by atoms with Gasteiger partial charge in [0.2, 0.25) is 5.95 Å². The van der Waals surface area contributed by atoms with Crippen molar-refractivity contribution in [3.63, 3.8) is 0 Å². The van der Waals surface area contributed by atoms with Crippen LogP contribution in [0, 0.1) is 6.92 Å². The zero-order valence-electron chi connectivity index (χ0n) is 9.90. The quantitative estimate of drug-likeness (QED) is 0.723. The molecule has 0 amide bonds. The lowest BCUT2D eigenvalue weighted by Gasteiger charge is -2.33. The zero-order valence-corrected chi connectivity index (χ0v) is 9.90. The molecule has 0 aliphatic carbocycles. The predicted molar refractivity (Wildman–Crippen MR) is 62.3 cm³/mol. The number of hydrogen-bond donors (Lipinski definition) is 0. The third kappa shape index (κ3) is 2.00. The van der Waals surface area contributed by atoms with Crippen LogP contribution in [0.15, 0.2) is 6.20 Å². The lowest BCUT2D eigenvalue weighted by molar-refractivity contribution is 0.310. The summed E-state index contributed by atoms with van der Waals surface area (Å²) in [6.07, 6.45) is 1.97. The Kier molecular flexibility index (Phi) is 2.95. The molecular weight excluding hydrogens is 188 g/mol. The van der Waals surface area contributed by atoms with E-state index in [4.69, 9.17) is 0 Å². The van der Waals surface area contributed by atoms with Gasteiger partial charge < -0.3 is 14.4 Å². The van der Waals surface area contributed by atoms with E-state index in [2.05, 4.69) is 40.2 Å². The van der Waals surface area contributed by atoms with E-state index < -0.39 is 0 Å². The normalized spacial score (nSPS) is 18.5. The molecule has 1 saturated heterocycles. The number of rotatable bonds is 2. The minimum atomic E-state index is 1.01. The second kappa shape index (κ2) is 4.23. The maximum Gasteiger partial charge on any atom is 0.205 e. The van der Waals surface area contributed by atoms with Crippen LogP contribution in [-0.2, 0) is 6.54 Å². The van der Waals surface area contributed by atoms with Gasteiger partial charge in [0, 0.05) is 38.4 Å². The van der Waals surface area contributed by atoms with Crippen LogP contribution in [0.25, 0.3) is 0 Å². The van der Waals surface area contributed by atoms with Gasteiger partial charge in [-0.15, -0.1) is 0 Å². The Balaban J connectivity index is 2.15. The Bertz CT molecular complexity index is 323. The smallest absolute Gasteiger partial charge is 0.205 e. The third-order valence-corrected chi connectivity index (χ3v) is 3.14. The van der Waals surface area contributed by atoms with Gasteiger partial charge >= 0.3 is 0 Å². The number of aromatic nitrogens is 2. The molecule has 1 aromatic rings. The van der Waals surface area contributed by atoms with Crippen molar-refractivity contribution in [2.75, 3.05) is 38.1 Å². The lowest BCUT2D eigenvalue weighted by atomic mass is 10.3. The molecule has 2 heterocycles. The Morgan fingerprint density at radius 1 is 1.27 bits per heavy atom. The summed E-state index contributed by atoms with van der Waals surface area (Å²) in [5, 5.41) is 0. The van der Waals surface area contributed by atoms with E-state index in [1.54, 1.807) is 0 Å². The second-order valence-electron chi connectivity index (χ2n) is 4.23. The van der Waals surface area contributed by atoms with E-state index in [1.807, 2.05) is 6.20 Å². The van der Waals surface area contributed by atoms with Crippen LogP contribution in [0.4, 0.5) is 5.95 Å². The highest BCUT2D eigenvalue weighted by Gasteiger charge is 2.18. The van der Waals surface area contributed by atoms with E-state index in [-0.39, 0.29) is 0 Å². The number of hydrogen-bond acceptors (Lipinski definition) is 3. The van der Waals surface area contributed by atoms with Crippen molar-refractivity contribution in [3.05, 3.63) is 11.9 Å². The number of aryl methyl sites for hydroxylation is 1. The standard InChI is InChI=1S/C11H20N4/c1-4-15-10(2)9-12-11(15)14-7-5-13(3)6-8-14/h9H,4-8H2,1-3H3. The van der Waals surface area contributed by atoms with Gasteiger partial charge in [-0.1, -0.05) is 0 Å². The van der Waals surface area contributed by atoms with Crippen molar-refractivity contribution < 1.29 is 0 Å². The third-order valence-electron chi connectivity index (χ3n) is 3.14. The molecule has 0 aromatic carbocycles. The molecule has 1 fully saturated rings. The summed E-state index contributed by atoms with van der Waals surface area (Å²) in [5.74, 6) is 1.14. The van der Waals surface area contributed by atoms with Gasteiger partial charge in [-0.25, -0.2) is 4.98 Å². The molecule has 1 aliphatic heterocycles. The van der Waals surface area contributed by atoms with Crippen LogP contribution >= 0.6 is 0 Å². The first-order valence-electron chi connectivity index (χ1n) is 5.68.